The van der Waals surface area contributed by atoms with Crippen LogP contribution in [0.15, 0.2) is 41.5 Å². The minimum Gasteiger partial charge on any atom is -0.493 e. The maximum Gasteiger partial charge on any atom is 0.275 e. The van der Waals surface area contributed by atoms with Crippen molar-refractivity contribution in [3.8, 4) is 17.2 Å². The van der Waals surface area contributed by atoms with Crippen LogP contribution in [-0.2, 0) is 4.74 Å². The summed E-state index contributed by atoms with van der Waals surface area (Å²) in [6.07, 6.45) is 1.58. The van der Waals surface area contributed by atoms with Crippen LogP contribution in [0, 0.1) is 0 Å². The smallest absolute Gasteiger partial charge is 0.275 e. The third kappa shape index (κ3) is 6.45. The lowest BCUT2D eigenvalue weighted by molar-refractivity contribution is 0.0322. The molecule has 9 heteroatoms. The van der Waals surface area contributed by atoms with Gasteiger partial charge in [-0.1, -0.05) is 11.6 Å². The number of benzene rings is 2. The number of hydrazone groups is 1. The van der Waals surface area contributed by atoms with E-state index in [9.17, 15) is 4.79 Å². The molecule has 0 saturated carbocycles. The lowest BCUT2D eigenvalue weighted by atomic mass is 10.0. The molecule has 35 heavy (non-hydrogen) atoms. The van der Waals surface area contributed by atoms with Crippen LogP contribution in [-0.4, -0.2) is 81.2 Å². The number of hydrogen-bond acceptors (Lipinski definition) is 7. The maximum absolute atomic E-state index is 13.2. The molecule has 0 radical (unpaired) electrons. The van der Waals surface area contributed by atoms with Crippen LogP contribution in [0.3, 0.4) is 0 Å². The SMILES string of the molecule is CCOc1cc(C2=NN(C(=O)c3ccc(OCCN4CCOCC4)cc3Cl)CCC2)ccc1OC. The van der Waals surface area contributed by atoms with Crippen LogP contribution in [0.2, 0.25) is 5.02 Å². The van der Waals surface area contributed by atoms with E-state index in [-0.39, 0.29) is 5.91 Å². The van der Waals surface area contributed by atoms with Gasteiger partial charge in [-0.2, -0.15) is 5.10 Å². The zero-order chi connectivity index (χ0) is 24.6. The van der Waals surface area contributed by atoms with Crippen LogP contribution in [0.5, 0.6) is 17.2 Å². The minimum absolute atomic E-state index is 0.231. The Balaban J connectivity index is 1.42. The third-order valence-electron chi connectivity index (χ3n) is 6.01. The molecule has 1 amide bonds. The number of nitrogens with zero attached hydrogens (tertiary/aromatic N) is 3. The molecule has 0 N–H and O–H groups in total. The largest absolute Gasteiger partial charge is 0.493 e. The van der Waals surface area contributed by atoms with Gasteiger partial charge in [0.2, 0.25) is 0 Å². The number of halogens is 1. The topological polar surface area (TPSA) is 72.8 Å². The van der Waals surface area contributed by atoms with Crippen LogP contribution in [0.25, 0.3) is 0 Å². The number of amides is 1. The lowest BCUT2D eigenvalue weighted by Gasteiger charge is -2.26. The molecule has 1 saturated heterocycles. The first kappa shape index (κ1) is 25.3. The first-order valence-corrected chi connectivity index (χ1v) is 12.4. The number of carbonyl (C=O) groups excluding carboxylic acids is 1. The zero-order valence-corrected chi connectivity index (χ0v) is 21.1. The van der Waals surface area contributed by atoms with E-state index >= 15 is 0 Å². The van der Waals surface area contributed by atoms with Gasteiger partial charge in [-0.15, -0.1) is 0 Å². The predicted octanol–water partition coefficient (Wildman–Crippen LogP) is 4.10. The minimum atomic E-state index is -0.231. The fourth-order valence-electron chi connectivity index (χ4n) is 4.13. The second-order valence-electron chi connectivity index (χ2n) is 8.32. The first-order chi connectivity index (χ1) is 17.1. The number of carbonyl (C=O) groups is 1. The van der Waals surface area contributed by atoms with Crippen molar-refractivity contribution in [2.24, 2.45) is 5.10 Å². The predicted molar refractivity (Wildman–Crippen MR) is 135 cm³/mol. The average molecular weight is 502 g/mol. The highest BCUT2D eigenvalue weighted by Crippen LogP contribution is 2.30. The molecule has 2 heterocycles. The highest BCUT2D eigenvalue weighted by Gasteiger charge is 2.23. The lowest BCUT2D eigenvalue weighted by Crippen LogP contribution is -2.38. The summed E-state index contributed by atoms with van der Waals surface area (Å²) in [5, 5.41) is 6.49. The number of hydrogen-bond donors (Lipinski definition) is 0. The Labute approximate surface area is 211 Å². The fourth-order valence-corrected chi connectivity index (χ4v) is 4.38. The van der Waals surface area contributed by atoms with Crippen LogP contribution >= 0.6 is 11.6 Å². The Morgan fingerprint density at radius 1 is 1.09 bits per heavy atom. The fraction of sp³-hybridized carbons (Fsp3) is 0.462. The molecule has 0 unspecified atom stereocenters. The number of methoxy groups -OCH3 is 1. The quantitative estimate of drug-likeness (QED) is 0.515. The van der Waals surface area contributed by atoms with E-state index in [0.29, 0.717) is 47.6 Å². The van der Waals surface area contributed by atoms with Gasteiger partial charge in [-0.3, -0.25) is 9.69 Å². The summed E-state index contributed by atoms with van der Waals surface area (Å²) in [4.78, 5) is 15.5. The van der Waals surface area contributed by atoms with Crippen LogP contribution in [0.1, 0.15) is 35.7 Å². The molecule has 0 atom stereocenters. The third-order valence-corrected chi connectivity index (χ3v) is 6.32. The van der Waals surface area contributed by atoms with Crippen molar-refractivity contribution in [3.63, 3.8) is 0 Å². The van der Waals surface area contributed by atoms with Crippen LogP contribution in [0.4, 0.5) is 0 Å². The monoisotopic (exact) mass is 501 g/mol. The number of rotatable bonds is 9. The van der Waals surface area contributed by atoms with Crippen molar-refractivity contribution in [2.45, 2.75) is 19.8 Å². The Morgan fingerprint density at radius 3 is 2.66 bits per heavy atom. The van der Waals surface area contributed by atoms with Crippen molar-refractivity contribution in [3.05, 3.63) is 52.5 Å². The highest BCUT2D eigenvalue weighted by atomic mass is 35.5. The normalized spacial score (nSPS) is 16.5. The van der Waals surface area contributed by atoms with Crippen molar-refractivity contribution in [1.29, 1.82) is 0 Å². The molecule has 2 aliphatic rings. The van der Waals surface area contributed by atoms with Gasteiger partial charge < -0.3 is 18.9 Å². The Kier molecular flexibility index (Phi) is 8.84. The van der Waals surface area contributed by atoms with E-state index in [1.54, 1.807) is 25.3 Å². The molecule has 188 valence electrons. The molecule has 4 rings (SSSR count). The summed E-state index contributed by atoms with van der Waals surface area (Å²) in [6, 6.07) is 10.9. The highest BCUT2D eigenvalue weighted by molar-refractivity contribution is 6.34. The van der Waals surface area contributed by atoms with Gasteiger partial charge >= 0.3 is 0 Å². The summed E-state index contributed by atoms with van der Waals surface area (Å²) in [6.45, 7) is 7.71. The summed E-state index contributed by atoms with van der Waals surface area (Å²) >= 11 is 6.48. The zero-order valence-electron chi connectivity index (χ0n) is 20.3. The molecule has 0 bridgehead atoms. The summed E-state index contributed by atoms with van der Waals surface area (Å²) in [5.41, 5.74) is 2.14. The molecule has 8 nitrogen and oxygen atoms in total. The molecule has 2 aromatic rings. The molecular weight excluding hydrogens is 470 g/mol. The molecular formula is C26H32ClN3O5. The second-order valence-corrected chi connectivity index (χ2v) is 8.73. The standard InChI is InChI=1S/C26H32ClN3O5/c1-3-34-25-17-19(6-9-24(25)32-2)23-5-4-10-30(28-23)26(31)21-8-7-20(18-22(21)27)35-16-13-29-11-14-33-15-12-29/h6-9,17-18H,3-5,10-16H2,1-2H3. The van der Waals surface area contributed by atoms with E-state index in [4.69, 9.17) is 30.5 Å². The van der Waals surface area contributed by atoms with Gasteiger partial charge in [0.25, 0.3) is 5.91 Å². The van der Waals surface area contributed by atoms with Gasteiger partial charge in [-0.05, 0) is 56.2 Å². The van der Waals surface area contributed by atoms with E-state index < -0.39 is 0 Å². The van der Waals surface area contributed by atoms with Gasteiger partial charge in [0.15, 0.2) is 11.5 Å². The van der Waals surface area contributed by atoms with E-state index in [2.05, 4.69) is 10.0 Å². The first-order valence-electron chi connectivity index (χ1n) is 12.0. The van der Waals surface area contributed by atoms with Gasteiger partial charge in [0, 0.05) is 31.7 Å². The van der Waals surface area contributed by atoms with Gasteiger partial charge in [0.1, 0.15) is 12.4 Å². The Morgan fingerprint density at radius 2 is 1.91 bits per heavy atom. The van der Waals surface area contributed by atoms with Crippen molar-refractivity contribution in [1.82, 2.24) is 9.91 Å². The molecule has 0 spiro atoms. The van der Waals surface area contributed by atoms with E-state index in [0.717, 1.165) is 57.0 Å². The second kappa shape index (κ2) is 12.2. The molecule has 2 aliphatic heterocycles. The molecule has 0 aliphatic carbocycles. The van der Waals surface area contributed by atoms with E-state index in [1.807, 2.05) is 25.1 Å². The number of morpholine rings is 1. The summed E-state index contributed by atoms with van der Waals surface area (Å²) in [7, 11) is 1.61. The molecule has 2 aromatic carbocycles. The van der Waals surface area contributed by atoms with Crippen LogP contribution < -0.4 is 14.2 Å². The van der Waals surface area contributed by atoms with Crippen molar-refractivity contribution < 1.29 is 23.7 Å². The van der Waals surface area contributed by atoms with Gasteiger partial charge in [-0.25, -0.2) is 5.01 Å². The van der Waals surface area contributed by atoms with E-state index in [1.165, 1.54) is 5.01 Å². The molecule has 0 aromatic heterocycles. The summed E-state index contributed by atoms with van der Waals surface area (Å²) in [5.74, 6) is 1.74. The Bertz CT molecular complexity index is 1060. The van der Waals surface area contributed by atoms with Crippen molar-refractivity contribution in [2.75, 3.05) is 59.7 Å². The van der Waals surface area contributed by atoms with Gasteiger partial charge in [0.05, 0.1) is 43.2 Å². The maximum atomic E-state index is 13.2. The van der Waals surface area contributed by atoms with Crippen molar-refractivity contribution >= 4 is 23.2 Å². The Hall–Kier alpha value is -2.81. The average Bonchev–Trinajstić information content (AvgIpc) is 2.89. The molecule has 1 fully saturated rings. The number of ether oxygens (including phenoxy) is 4. The summed E-state index contributed by atoms with van der Waals surface area (Å²) < 4.78 is 22.3.